The highest BCUT2D eigenvalue weighted by Crippen LogP contribution is 2.24. The third kappa shape index (κ3) is 4.56. The van der Waals surface area contributed by atoms with E-state index in [9.17, 15) is 10.1 Å². The number of nitriles is 1. The Bertz CT molecular complexity index is 773. The maximum absolute atomic E-state index is 11.8. The van der Waals surface area contributed by atoms with Crippen molar-refractivity contribution < 1.29 is 4.79 Å². The zero-order valence-electron chi connectivity index (χ0n) is 14.5. The van der Waals surface area contributed by atoms with Crippen LogP contribution in [0.5, 0.6) is 0 Å². The number of aromatic nitrogens is 1. The van der Waals surface area contributed by atoms with Crippen LogP contribution in [0.4, 0.5) is 17.1 Å². The van der Waals surface area contributed by atoms with Crippen LogP contribution in [0.25, 0.3) is 0 Å². The molecule has 0 aliphatic rings. The number of aryl methyl sites for hydroxylation is 2. The van der Waals surface area contributed by atoms with Crippen molar-refractivity contribution in [2.75, 3.05) is 10.6 Å². The fourth-order valence-corrected chi connectivity index (χ4v) is 2.44. The molecule has 2 N–H and O–H groups in total. The molecule has 0 unspecified atom stereocenters. The summed E-state index contributed by atoms with van der Waals surface area (Å²) in [7, 11) is 0. The van der Waals surface area contributed by atoms with Gasteiger partial charge in [0.25, 0.3) is 0 Å². The molecule has 24 heavy (non-hydrogen) atoms. The molecule has 2 rings (SSSR count). The molecule has 1 aromatic heterocycles. The molecule has 0 aliphatic heterocycles. The predicted molar refractivity (Wildman–Crippen MR) is 96.2 cm³/mol. The maximum Gasteiger partial charge on any atom is 0.224 e. The second kappa shape index (κ2) is 7.60. The van der Waals surface area contributed by atoms with E-state index >= 15 is 0 Å². The molecule has 0 spiro atoms. The zero-order valence-corrected chi connectivity index (χ0v) is 14.5. The first-order chi connectivity index (χ1) is 11.4. The number of hydrogen-bond acceptors (Lipinski definition) is 4. The van der Waals surface area contributed by atoms with Gasteiger partial charge < -0.3 is 10.6 Å². The number of hydrogen-bond donors (Lipinski definition) is 2. The Morgan fingerprint density at radius 1 is 1.21 bits per heavy atom. The van der Waals surface area contributed by atoms with Crippen molar-refractivity contribution in [1.29, 1.82) is 5.26 Å². The molecule has 124 valence electrons. The summed E-state index contributed by atoms with van der Waals surface area (Å²) in [6, 6.07) is 11.5. The van der Waals surface area contributed by atoms with Gasteiger partial charge in [-0.2, -0.15) is 5.26 Å². The topological polar surface area (TPSA) is 77.8 Å². The second-order valence-corrected chi connectivity index (χ2v) is 6.23. The number of benzene rings is 1. The van der Waals surface area contributed by atoms with E-state index < -0.39 is 0 Å². The van der Waals surface area contributed by atoms with Crippen LogP contribution in [0.1, 0.15) is 37.2 Å². The summed E-state index contributed by atoms with van der Waals surface area (Å²) in [4.78, 5) is 16.1. The van der Waals surface area contributed by atoms with Crippen LogP contribution in [-0.4, -0.2) is 10.9 Å². The van der Waals surface area contributed by atoms with Crippen molar-refractivity contribution >= 4 is 23.0 Å². The normalized spacial score (nSPS) is 10.3. The summed E-state index contributed by atoms with van der Waals surface area (Å²) in [5, 5.41) is 15.4. The van der Waals surface area contributed by atoms with E-state index in [0.717, 1.165) is 22.8 Å². The van der Waals surface area contributed by atoms with Gasteiger partial charge in [-0.3, -0.25) is 9.78 Å². The third-order valence-electron chi connectivity index (χ3n) is 3.48. The monoisotopic (exact) mass is 322 g/mol. The number of nitrogens with one attached hydrogen (secondary N) is 2. The van der Waals surface area contributed by atoms with Gasteiger partial charge >= 0.3 is 0 Å². The summed E-state index contributed by atoms with van der Waals surface area (Å²) < 4.78 is 0. The van der Waals surface area contributed by atoms with Crippen molar-refractivity contribution in [3.8, 4) is 6.07 Å². The summed E-state index contributed by atoms with van der Waals surface area (Å²) in [6.07, 6.45) is 0.501. The van der Waals surface area contributed by atoms with E-state index in [2.05, 4.69) is 21.7 Å². The van der Waals surface area contributed by atoms with Crippen molar-refractivity contribution in [1.82, 2.24) is 4.98 Å². The lowest BCUT2D eigenvalue weighted by Crippen LogP contribution is -2.13. The Balaban J connectivity index is 2.13. The van der Waals surface area contributed by atoms with E-state index in [1.165, 1.54) is 0 Å². The number of carbonyl (C=O) groups excluding carboxylic acids is 1. The van der Waals surface area contributed by atoms with E-state index in [0.29, 0.717) is 23.6 Å². The highest BCUT2D eigenvalue weighted by molar-refractivity contribution is 5.91. The van der Waals surface area contributed by atoms with Gasteiger partial charge in [-0.15, -0.1) is 0 Å². The lowest BCUT2D eigenvalue weighted by Gasteiger charge is -2.12. The summed E-state index contributed by atoms with van der Waals surface area (Å²) >= 11 is 0. The van der Waals surface area contributed by atoms with Crippen LogP contribution in [0.2, 0.25) is 0 Å². The lowest BCUT2D eigenvalue weighted by atomic mass is 10.1. The molecular weight excluding hydrogens is 300 g/mol. The molecule has 5 nitrogen and oxygen atoms in total. The van der Waals surface area contributed by atoms with Gasteiger partial charge in [0.05, 0.1) is 16.9 Å². The fraction of sp³-hybridized carbons (Fsp3) is 0.316. The molecule has 0 aliphatic carbocycles. The molecule has 1 heterocycles. The molecule has 2 aromatic rings. The van der Waals surface area contributed by atoms with Crippen LogP contribution >= 0.6 is 0 Å². The summed E-state index contributed by atoms with van der Waals surface area (Å²) in [5.41, 5.74) is 4.44. The van der Waals surface area contributed by atoms with Gasteiger partial charge in [0, 0.05) is 23.5 Å². The van der Waals surface area contributed by atoms with Crippen molar-refractivity contribution in [3.63, 3.8) is 0 Å². The molecule has 0 saturated heterocycles. The first kappa shape index (κ1) is 17.5. The van der Waals surface area contributed by atoms with E-state index in [-0.39, 0.29) is 5.91 Å². The Kier molecular flexibility index (Phi) is 5.54. The number of amides is 1. The van der Waals surface area contributed by atoms with Gasteiger partial charge in [0.2, 0.25) is 5.91 Å². The Labute approximate surface area is 142 Å². The number of nitrogens with zero attached hydrogens (tertiary/aromatic N) is 2. The first-order valence-electron chi connectivity index (χ1n) is 7.94. The highest BCUT2D eigenvalue weighted by Gasteiger charge is 2.09. The molecule has 1 aromatic carbocycles. The highest BCUT2D eigenvalue weighted by atomic mass is 16.1. The summed E-state index contributed by atoms with van der Waals surface area (Å²) in [5.74, 6) is 0.339. The minimum Gasteiger partial charge on any atom is -0.354 e. The van der Waals surface area contributed by atoms with Crippen LogP contribution in [-0.2, 0) is 4.79 Å². The molecule has 0 radical (unpaired) electrons. The average molecular weight is 322 g/mol. The number of rotatable bonds is 5. The SMILES string of the molecule is Cc1cc(Nc2ccc(NC(=O)CC(C)C)cc2)c(C#N)c(C)n1. The van der Waals surface area contributed by atoms with Gasteiger partial charge in [-0.1, -0.05) is 13.8 Å². The molecular formula is C19H22N4O. The minimum atomic E-state index is 0.0119. The average Bonchev–Trinajstić information content (AvgIpc) is 2.48. The molecule has 5 heteroatoms. The summed E-state index contributed by atoms with van der Waals surface area (Å²) in [6.45, 7) is 7.74. The Morgan fingerprint density at radius 3 is 2.42 bits per heavy atom. The van der Waals surface area contributed by atoms with Crippen LogP contribution in [0.15, 0.2) is 30.3 Å². The van der Waals surface area contributed by atoms with E-state index in [4.69, 9.17) is 0 Å². The number of carbonyl (C=O) groups is 1. The second-order valence-electron chi connectivity index (χ2n) is 6.23. The molecule has 0 fully saturated rings. The maximum atomic E-state index is 11.8. The van der Waals surface area contributed by atoms with Crippen LogP contribution in [0, 0.1) is 31.1 Å². The van der Waals surface area contributed by atoms with Gasteiger partial charge in [-0.05, 0) is 50.1 Å². The van der Waals surface area contributed by atoms with Gasteiger partial charge in [0.1, 0.15) is 6.07 Å². The standard InChI is InChI=1S/C19H22N4O/c1-12(2)9-19(24)23-16-7-5-15(6-8-16)22-18-10-13(3)21-14(4)17(18)11-20/h5-8,10,12H,9H2,1-4H3,(H,21,22)(H,23,24). The molecule has 0 saturated carbocycles. The zero-order chi connectivity index (χ0) is 17.7. The van der Waals surface area contributed by atoms with Crippen LogP contribution in [0.3, 0.4) is 0 Å². The smallest absolute Gasteiger partial charge is 0.224 e. The Hall–Kier alpha value is -2.87. The first-order valence-corrected chi connectivity index (χ1v) is 7.94. The predicted octanol–water partition coefficient (Wildman–Crippen LogP) is 4.30. The van der Waals surface area contributed by atoms with Crippen molar-refractivity contribution in [2.45, 2.75) is 34.1 Å². The van der Waals surface area contributed by atoms with Gasteiger partial charge in [-0.25, -0.2) is 0 Å². The molecule has 0 atom stereocenters. The third-order valence-corrected chi connectivity index (χ3v) is 3.48. The molecule has 1 amide bonds. The minimum absolute atomic E-state index is 0.0119. The fourth-order valence-electron chi connectivity index (χ4n) is 2.44. The van der Waals surface area contributed by atoms with E-state index in [1.807, 2.05) is 58.0 Å². The Morgan fingerprint density at radius 2 is 1.83 bits per heavy atom. The van der Waals surface area contributed by atoms with Crippen LogP contribution < -0.4 is 10.6 Å². The van der Waals surface area contributed by atoms with Crippen molar-refractivity contribution in [3.05, 3.63) is 47.3 Å². The van der Waals surface area contributed by atoms with E-state index in [1.54, 1.807) is 0 Å². The van der Waals surface area contributed by atoms with Gasteiger partial charge in [0.15, 0.2) is 0 Å². The number of anilines is 3. The lowest BCUT2D eigenvalue weighted by molar-refractivity contribution is -0.116. The van der Waals surface area contributed by atoms with Crippen molar-refractivity contribution in [2.24, 2.45) is 5.92 Å². The quantitative estimate of drug-likeness (QED) is 0.860. The largest absolute Gasteiger partial charge is 0.354 e. The number of pyridine rings is 1. The molecule has 0 bridgehead atoms.